The molecule has 0 heterocycles. The van der Waals surface area contributed by atoms with E-state index in [4.69, 9.17) is 11.6 Å². The van der Waals surface area contributed by atoms with Crippen LogP contribution in [0.1, 0.15) is 23.7 Å². The van der Waals surface area contributed by atoms with Crippen LogP contribution in [0.15, 0.2) is 48.5 Å². The molecule has 2 atom stereocenters. The van der Waals surface area contributed by atoms with Gasteiger partial charge in [-0.1, -0.05) is 36.7 Å². The van der Waals surface area contributed by atoms with Crippen LogP contribution in [0.5, 0.6) is 0 Å². The van der Waals surface area contributed by atoms with E-state index in [-0.39, 0.29) is 17.7 Å². The Morgan fingerprint density at radius 3 is 2.46 bits per heavy atom. The Labute approximate surface area is 146 Å². The van der Waals surface area contributed by atoms with Crippen LogP contribution in [0.2, 0.25) is 5.02 Å². The largest absolute Gasteiger partial charge is 0.324 e. The van der Waals surface area contributed by atoms with Gasteiger partial charge in [-0.05, 0) is 42.7 Å². The summed E-state index contributed by atoms with van der Waals surface area (Å²) in [6.07, 6.45) is 0.902. The molecule has 2 aromatic carbocycles. The summed E-state index contributed by atoms with van der Waals surface area (Å²) in [6.45, 7) is 2.04. The van der Waals surface area contributed by atoms with E-state index < -0.39 is 0 Å². The molecule has 3 rings (SSSR count). The summed E-state index contributed by atoms with van der Waals surface area (Å²) in [7, 11) is 1.72. The van der Waals surface area contributed by atoms with E-state index in [2.05, 4.69) is 5.32 Å². The molecule has 5 heteroatoms. The lowest BCUT2D eigenvalue weighted by Crippen LogP contribution is -2.26. The molecule has 0 bridgehead atoms. The maximum atomic E-state index is 12.7. The molecule has 0 spiro atoms. The molecular weight excluding hydrogens is 324 g/mol. The third-order valence-corrected chi connectivity index (χ3v) is 4.70. The van der Waals surface area contributed by atoms with Gasteiger partial charge < -0.3 is 10.2 Å². The van der Waals surface area contributed by atoms with Crippen LogP contribution in [0, 0.1) is 11.8 Å². The first-order valence-corrected chi connectivity index (χ1v) is 8.28. The number of halogens is 1. The quantitative estimate of drug-likeness (QED) is 0.904. The Bertz CT molecular complexity index is 776. The first-order chi connectivity index (χ1) is 11.5. The summed E-state index contributed by atoms with van der Waals surface area (Å²) < 4.78 is 0. The number of amides is 2. The lowest BCUT2D eigenvalue weighted by atomic mass is 10.1. The molecule has 0 radical (unpaired) electrons. The maximum absolute atomic E-state index is 12.7. The van der Waals surface area contributed by atoms with Gasteiger partial charge in [0.1, 0.15) is 0 Å². The molecule has 2 aromatic rings. The molecule has 2 amide bonds. The highest BCUT2D eigenvalue weighted by molar-refractivity contribution is 6.34. The molecule has 1 N–H and O–H groups in total. The predicted molar refractivity (Wildman–Crippen MR) is 96.5 cm³/mol. The van der Waals surface area contributed by atoms with Crippen molar-refractivity contribution in [2.75, 3.05) is 17.3 Å². The van der Waals surface area contributed by atoms with Gasteiger partial charge in [-0.15, -0.1) is 0 Å². The highest BCUT2D eigenvalue weighted by Crippen LogP contribution is 2.39. The highest BCUT2D eigenvalue weighted by atomic mass is 35.5. The van der Waals surface area contributed by atoms with Gasteiger partial charge in [0.05, 0.1) is 10.7 Å². The van der Waals surface area contributed by atoms with E-state index in [9.17, 15) is 9.59 Å². The number of carbonyl (C=O) groups is 2. The van der Waals surface area contributed by atoms with Crippen molar-refractivity contribution in [3.05, 3.63) is 59.1 Å². The zero-order chi connectivity index (χ0) is 17.3. The summed E-state index contributed by atoms with van der Waals surface area (Å²) in [5.74, 6) is 0.267. The van der Waals surface area contributed by atoms with E-state index in [0.717, 1.165) is 12.1 Å². The van der Waals surface area contributed by atoms with Crippen molar-refractivity contribution in [3.8, 4) is 0 Å². The van der Waals surface area contributed by atoms with Crippen LogP contribution < -0.4 is 10.2 Å². The van der Waals surface area contributed by atoms with Crippen LogP contribution >= 0.6 is 11.6 Å². The summed E-state index contributed by atoms with van der Waals surface area (Å²) >= 11 is 6.16. The fourth-order valence-electron chi connectivity index (χ4n) is 2.63. The molecule has 0 aromatic heterocycles. The van der Waals surface area contributed by atoms with Crippen LogP contribution in [-0.2, 0) is 4.79 Å². The van der Waals surface area contributed by atoms with Crippen molar-refractivity contribution >= 4 is 34.8 Å². The molecule has 124 valence electrons. The molecular formula is C19H19ClN2O2. The van der Waals surface area contributed by atoms with Crippen LogP contribution in [0.3, 0.4) is 0 Å². The Morgan fingerprint density at radius 2 is 1.83 bits per heavy atom. The fraction of sp³-hybridized carbons (Fsp3) is 0.263. The smallest absolute Gasteiger partial charge is 0.258 e. The number of nitrogens with one attached hydrogen (secondary N) is 1. The third-order valence-electron chi connectivity index (χ3n) is 4.37. The van der Waals surface area contributed by atoms with Crippen LogP contribution in [0.4, 0.5) is 11.4 Å². The monoisotopic (exact) mass is 342 g/mol. The number of hydrogen-bond acceptors (Lipinski definition) is 2. The minimum Gasteiger partial charge on any atom is -0.324 e. The van der Waals surface area contributed by atoms with Gasteiger partial charge in [-0.25, -0.2) is 0 Å². The topological polar surface area (TPSA) is 49.4 Å². The molecule has 0 saturated heterocycles. The first kappa shape index (κ1) is 16.5. The second kappa shape index (κ2) is 6.65. The Kier molecular flexibility index (Phi) is 4.58. The molecule has 4 nitrogen and oxygen atoms in total. The van der Waals surface area contributed by atoms with E-state index in [0.29, 0.717) is 22.2 Å². The zero-order valence-corrected chi connectivity index (χ0v) is 14.4. The van der Waals surface area contributed by atoms with Gasteiger partial charge in [0.2, 0.25) is 5.91 Å². The normalized spacial score (nSPS) is 18.8. The van der Waals surface area contributed by atoms with Crippen LogP contribution in [0.25, 0.3) is 0 Å². The van der Waals surface area contributed by atoms with Gasteiger partial charge in [0.25, 0.3) is 5.91 Å². The standard InChI is InChI=1S/C19H19ClN2O2/c1-12-10-15(12)18(23)21-17-11-13(8-9-16(17)20)19(24)22(2)14-6-4-3-5-7-14/h3-9,11-12,15H,10H2,1-2H3,(H,21,23)/t12-,15-/m1/s1. The summed E-state index contributed by atoms with van der Waals surface area (Å²) in [4.78, 5) is 26.3. The second-order valence-corrected chi connectivity index (χ2v) is 6.61. The van der Waals surface area contributed by atoms with E-state index in [1.165, 1.54) is 0 Å². The minimum absolute atomic E-state index is 0.0367. The highest BCUT2D eigenvalue weighted by Gasteiger charge is 2.39. The molecule has 0 aliphatic heterocycles. The van der Waals surface area contributed by atoms with Crippen molar-refractivity contribution < 1.29 is 9.59 Å². The van der Waals surface area contributed by atoms with Gasteiger partial charge in [0, 0.05) is 24.2 Å². The molecule has 1 fully saturated rings. The average molecular weight is 343 g/mol. The maximum Gasteiger partial charge on any atom is 0.258 e. The number of hydrogen-bond donors (Lipinski definition) is 1. The van der Waals surface area contributed by atoms with E-state index in [1.54, 1.807) is 30.1 Å². The van der Waals surface area contributed by atoms with Crippen LogP contribution in [-0.4, -0.2) is 18.9 Å². The molecule has 1 saturated carbocycles. The number of nitrogens with zero attached hydrogens (tertiary/aromatic N) is 1. The number of carbonyl (C=O) groups excluding carboxylic acids is 2. The van der Waals surface area contributed by atoms with Crippen molar-refractivity contribution in [2.45, 2.75) is 13.3 Å². The van der Waals surface area contributed by atoms with Gasteiger partial charge in [-0.3, -0.25) is 9.59 Å². The average Bonchev–Trinajstić information content (AvgIpc) is 3.33. The van der Waals surface area contributed by atoms with Crippen molar-refractivity contribution in [1.29, 1.82) is 0 Å². The summed E-state index contributed by atoms with van der Waals surface area (Å²) in [6, 6.07) is 14.3. The van der Waals surface area contributed by atoms with Gasteiger partial charge in [0.15, 0.2) is 0 Å². The predicted octanol–water partition coefficient (Wildman–Crippen LogP) is 4.21. The van der Waals surface area contributed by atoms with E-state index in [1.807, 2.05) is 37.3 Å². The SMILES string of the molecule is C[C@@H]1C[C@H]1C(=O)Nc1cc(C(=O)N(C)c2ccccc2)ccc1Cl. The number of rotatable bonds is 4. The number of benzene rings is 2. The van der Waals surface area contributed by atoms with Gasteiger partial charge in [-0.2, -0.15) is 0 Å². The number of anilines is 2. The summed E-state index contributed by atoms with van der Waals surface area (Å²) in [5, 5.41) is 3.26. The van der Waals surface area contributed by atoms with Gasteiger partial charge >= 0.3 is 0 Å². The molecule has 1 aliphatic rings. The Balaban J connectivity index is 1.80. The minimum atomic E-state index is -0.159. The zero-order valence-electron chi connectivity index (χ0n) is 13.6. The van der Waals surface area contributed by atoms with Crippen molar-refractivity contribution in [2.24, 2.45) is 11.8 Å². The lowest BCUT2D eigenvalue weighted by molar-refractivity contribution is -0.117. The third kappa shape index (κ3) is 3.44. The molecule has 0 unspecified atom stereocenters. The number of para-hydroxylation sites is 1. The van der Waals surface area contributed by atoms with Crippen molar-refractivity contribution in [3.63, 3.8) is 0 Å². The molecule has 24 heavy (non-hydrogen) atoms. The molecule has 1 aliphatic carbocycles. The second-order valence-electron chi connectivity index (χ2n) is 6.20. The van der Waals surface area contributed by atoms with Crippen molar-refractivity contribution in [1.82, 2.24) is 0 Å². The summed E-state index contributed by atoms with van der Waals surface area (Å²) in [5.41, 5.74) is 1.76. The fourth-order valence-corrected chi connectivity index (χ4v) is 2.79. The first-order valence-electron chi connectivity index (χ1n) is 7.91. The lowest BCUT2D eigenvalue weighted by Gasteiger charge is -2.18. The Morgan fingerprint density at radius 1 is 1.17 bits per heavy atom. The Hall–Kier alpha value is -2.33. The van der Waals surface area contributed by atoms with E-state index >= 15 is 0 Å².